The van der Waals surface area contributed by atoms with Crippen LogP contribution in [0.25, 0.3) is 0 Å². The van der Waals surface area contributed by atoms with E-state index in [1.807, 2.05) is 6.92 Å². The van der Waals surface area contributed by atoms with Crippen molar-refractivity contribution >= 4 is 6.29 Å². The molecule has 4 nitrogen and oxygen atoms in total. The lowest BCUT2D eigenvalue weighted by atomic mass is 10.4. The Labute approximate surface area is 58.1 Å². The zero-order chi connectivity index (χ0) is 7.56. The third kappa shape index (κ3) is 0.877. The third-order valence-corrected chi connectivity index (χ3v) is 1.21. The summed E-state index contributed by atoms with van der Waals surface area (Å²) >= 11 is 0. The van der Waals surface area contributed by atoms with Crippen molar-refractivity contribution in [3.8, 4) is 5.75 Å². The van der Waals surface area contributed by atoms with Crippen LogP contribution >= 0.6 is 0 Å². The zero-order valence-electron chi connectivity index (χ0n) is 5.53. The first kappa shape index (κ1) is 6.80. The van der Waals surface area contributed by atoms with Crippen molar-refractivity contribution in [1.82, 2.24) is 9.78 Å². The molecule has 0 unspecified atom stereocenters. The molecule has 1 rings (SSSR count). The molecular weight excluding hydrogens is 132 g/mol. The molecule has 0 fully saturated rings. The van der Waals surface area contributed by atoms with E-state index in [2.05, 4.69) is 11.3 Å². The summed E-state index contributed by atoms with van der Waals surface area (Å²) in [6.07, 6.45) is 2.83. The topological polar surface area (TPSA) is 55.1 Å². The summed E-state index contributed by atoms with van der Waals surface area (Å²) in [5, 5.41) is 12.5. The second kappa shape index (κ2) is 2.51. The Morgan fingerprint density at radius 2 is 2.60 bits per heavy atom. The first-order valence-corrected chi connectivity index (χ1v) is 2.92. The highest BCUT2D eigenvalue weighted by Gasteiger charge is 2.06. The number of aromatic hydroxyl groups is 1. The number of aromatic nitrogens is 2. The minimum atomic E-state index is -0.183. The van der Waals surface area contributed by atoms with Gasteiger partial charge in [-0.15, -0.1) is 0 Å². The molecule has 0 aliphatic carbocycles. The van der Waals surface area contributed by atoms with E-state index in [0.29, 0.717) is 12.8 Å². The van der Waals surface area contributed by atoms with Crippen molar-refractivity contribution in [2.75, 3.05) is 0 Å². The molecule has 1 aromatic heterocycles. The van der Waals surface area contributed by atoms with E-state index in [-0.39, 0.29) is 11.4 Å². The van der Waals surface area contributed by atoms with Crippen molar-refractivity contribution in [3.05, 3.63) is 11.9 Å². The van der Waals surface area contributed by atoms with Crippen LogP contribution in [0, 0.1) is 6.20 Å². The molecule has 10 heavy (non-hydrogen) atoms. The van der Waals surface area contributed by atoms with Crippen LogP contribution in [0.5, 0.6) is 5.75 Å². The highest BCUT2D eigenvalue weighted by molar-refractivity contribution is 5.75. The summed E-state index contributed by atoms with van der Waals surface area (Å²) in [4.78, 5) is 10.2. The van der Waals surface area contributed by atoms with Crippen LogP contribution in [-0.4, -0.2) is 21.2 Å². The maximum absolute atomic E-state index is 10.2. The number of carbonyl (C=O) groups excluding carboxylic acids is 1. The van der Waals surface area contributed by atoms with Gasteiger partial charge in [0.2, 0.25) is 0 Å². The molecule has 53 valence electrons. The van der Waals surface area contributed by atoms with Crippen LogP contribution in [0.3, 0.4) is 0 Å². The summed E-state index contributed by atoms with van der Waals surface area (Å²) in [7, 11) is 0. The fraction of sp³-hybridized carbons (Fsp3) is 0.333. The molecule has 1 radical (unpaired) electrons. The minimum absolute atomic E-state index is 0.183. The summed E-state index contributed by atoms with van der Waals surface area (Å²) in [6.45, 7) is 2.39. The molecule has 0 atom stereocenters. The van der Waals surface area contributed by atoms with Gasteiger partial charge in [-0.2, -0.15) is 5.10 Å². The lowest BCUT2D eigenvalue weighted by Gasteiger charge is -1.94. The van der Waals surface area contributed by atoms with Gasteiger partial charge in [-0.05, 0) is 6.92 Å². The summed E-state index contributed by atoms with van der Waals surface area (Å²) in [5.74, 6) is -0.183. The molecule has 0 aliphatic rings. The Hall–Kier alpha value is -1.32. The number of aryl methyl sites for hydroxylation is 1. The van der Waals surface area contributed by atoms with E-state index in [1.165, 1.54) is 4.68 Å². The van der Waals surface area contributed by atoms with Crippen molar-refractivity contribution < 1.29 is 9.90 Å². The SMILES string of the molecule is CCn1n[c]c(O)c1C=O. The maximum atomic E-state index is 10.2. The number of rotatable bonds is 2. The largest absolute Gasteiger partial charge is 0.504 e. The third-order valence-electron chi connectivity index (χ3n) is 1.21. The van der Waals surface area contributed by atoms with Gasteiger partial charge in [0.05, 0.1) is 0 Å². The molecule has 4 heteroatoms. The molecule has 0 bridgehead atoms. The molecule has 1 heterocycles. The Morgan fingerprint density at radius 3 is 3.00 bits per heavy atom. The van der Waals surface area contributed by atoms with Crippen LogP contribution in [0.1, 0.15) is 17.4 Å². The van der Waals surface area contributed by atoms with Crippen LogP contribution in [0.2, 0.25) is 0 Å². The van der Waals surface area contributed by atoms with Gasteiger partial charge >= 0.3 is 0 Å². The Morgan fingerprint density at radius 1 is 1.90 bits per heavy atom. The number of hydrogen-bond acceptors (Lipinski definition) is 3. The van der Waals surface area contributed by atoms with Crippen molar-refractivity contribution in [2.24, 2.45) is 0 Å². The van der Waals surface area contributed by atoms with Gasteiger partial charge in [0.25, 0.3) is 0 Å². The molecule has 0 spiro atoms. The van der Waals surface area contributed by atoms with E-state index >= 15 is 0 Å². The minimum Gasteiger partial charge on any atom is -0.504 e. The van der Waals surface area contributed by atoms with Crippen LogP contribution in [-0.2, 0) is 6.54 Å². The predicted molar refractivity (Wildman–Crippen MR) is 33.8 cm³/mol. The summed E-state index contributed by atoms with van der Waals surface area (Å²) < 4.78 is 1.38. The second-order valence-corrected chi connectivity index (χ2v) is 1.78. The van der Waals surface area contributed by atoms with Crippen molar-refractivity contribution in [1.29, 1.82) is 0 Å². The zero-order valence-corrected chi connectivity index (χ0v) is 5.53. The van der Waals surface area contributed by atoms with Crippen LogP contribution in [0.4, 0.5) is 0 Å². The van der Waals surface area contributed by atoms with Gasteiger partial charge < -0.3 is 5.11 Å². The molecule has 1 aromatic rings. The fourth-order valence-corrected chi connectivity index (χ4v) is 0.699. The Balaban J connectivity index is 3.12. The number of carbonyl (C=O) groups is 1. The number of nitrogens with zero attached hydrogens (tertiary/aromatic N) is 2. The summed E-state index contributed by atoms with van der Waals surface area (Å²) in [6, 6.07) is 0. The van der Waals surface area contributed by atoms with Crippen LogP contribution < -0.4 is 0 Å². The van der Waals surface area contributed by atoms with E-state index in [4.69, 9.17) is 5.11 Å². The Bertz CT molecular complexity index is 242. The quantitative estimate of drug-likeness (QED) is 0.596. The maximum Gasteiger partial charge on any atom is 0.174 e. The smallest absolute Gasteiger partial charge is 0.174 e. The van der Waals surface area contributed by atoms with Gasteiger partial charge in [0.1, 0.15) is 5.69 Å². The van der Waals surface area contributed by atoms with Crippen molar-refractivity contribution in [2.45, 2.75) is 13.5 Å². The van der Waals surface area contributed by atoms with Gasteiger partial charge in [0, 0.05) is 6.54 Å². The first-order chi connectivity index (χ1) is 4.79. The molecule has 0 amide bonds. The van der Waals surface area contributed by atoms with Gasteiger partial charge in [-0.3, -0.25) is 9.48 Å². The standard InChI is InChI=1S/C6H7N2O2/c1-2-8-5(4-9)6(10)3-7-8/h4,10H,2H2,1H3. The second-order valence-electron chi connectivity index (χ2n) is 1.78. The first-order valence-electron chi connectivity index (χ1n) is 2.92. The molecule has 1 N–H and O–H groups in total. The Kier molecular flexibility index (Phi) is 1.71. The highest BCUT2D eigenvalue weighted by atomic mass is 16.3. The van der Waals surface area contributed by atoms with E-state index in [9.17, 15) is 4.79 Å². The average molecular weight is 139 g/mol. The molecule has 0 aromatic carbocycles. The lowest BCUT2D eigenvalue weighted by Crippen LogP contribution is -2.00. The fourth-order valence-electron chi connectivity index (χ4n) is 0.699. The molecular formula is C6H7N2O2. The van der Waals surface area contributed by atoms with E-state index < -0.39 is 0 Å². The predicted octanol–water partition coefficient (Wildman–Crippen LogP) is 0.221. The molecule has 0 saturated carbocycles. The summed E-state index contributed by atoms with van der Waals surface area (Å²) in [5.41, 5.74) is 0.183. The van der Waals surface area contributed by atoms with E-state index in [1.54, 1.807) is 0 Å². The van der Waals surface area contributed by atoms with Gasteiger partial charge in [0.15, 0.2) is 18.2 Å². The average Bonchev–Trinajstić information content (AvgIpc) is 2.30. The van der Waals surface area contributed by atoms with Crippen molar-refractivity contribution in [3.63, 3.8) is 0 Å². The van der Waals surface area contributed by atoms with Gasteiger partial charge in [-0.25, -0.2) is 0 Å². The highest BCUT2D eigenvalue weighted by Crippen LogP contribution is 2.11. The monoisotopic (exact) mass is 139 g/mol. The molecule has 0 saturated heterocycles. The lowest BCUT2D eigenvalue weighted by molar-refractivity contribution is 0.111. The van der Waals surface area contributed by atoms with Crippen LogP contribution in [0.15, 0.2) is 0 Å². The number of aldehydes is 1. The van der Waals surface area contributed by atoms with E-state index in [0.717, 1.165) is 0 Å². The van der Waals surface area contributed by atoms with Gasteiger partial charge in [-0.1, -0.05) is 0 Å². The molecule has 0 aliphatic heterocycles. The number of hydrogen-bond donors (Lipinski definition) is 1. The normalized spacial score (nSPS) is 9.70.